The van der Waals surface area contributed by atoms with E-state index in [0.717, 1.165) is 16.8 Å². The summed E-state index contributed by atoms with van der Waals surface area (Å²) in [5, 5.41) is 21.3. The van der Waals surface area contributed by atoms with Crippen LogP contribution in [0, 0.1) is 10.1 Å². The molecule has 2 aromatic carbocycles. The van der Waals surface area contributed by atoms with Gasteiger partial charge in [0.1, 0.15) is 0 Å². The summed E-state index contributed by atoms with van der Waals surface area (Å²) in [6, 6.07) is 16.3. The van der Waals surface area contributed by atoms with Crippen molar-refractivity contribution in [2.75, 3.05) is 6.54 Å². The lowest BCUT2D eigenvalue weighted by molar-refractivity contribution is -0.384. The first-order valence-corrected chi connectivity index (χ1v) is 8.40. The molecule has 1 aromatic heterocycles. The fraction of sp³-hybridized carbons (Fsp3) is 0.0556. The molecule has 0 unspecified atom stereocenters. The molecular formula is C18H14N4O2S. The van der Waals surface area contributed by atoms with Crippen molar-refractivity contribution in [3.8, 4) is 11.3 Å². The molecule has 0 amide bonds. The normalized spacial score (nSPS) is 11.4. The highest BCUT2D eigenvalue weighted by atomic mass is 32.1. The van der Waals surface area contributed by atoms with Gasteiger partial charge in [0.25, 0.3) is 5.69 Å². The Morgan fingerprint density at radius 1 is 1.12 bits per heavy atom. The van der Waals surface area contributed by atoms with E-state index in [4.69, 9.17) is 0 Å². The van der Waals surface area contributed by atoms with Crippen LogP contribution < -0.4 is 0 Å². The number of nitro groups is 1. The molecule has 0 saturated carbocycles. The van der Waals surface area contributed by atoms with Gasteiger partial charge in [-0.2, -0.15) is 5.11 Å². The Bertz CT molecular complexity index is 902. The van der Waals surface area contributed by atoms with E-state index in [2.05, 4.69) is 15.2 Å². The molecule has 0 saturated heterocycles. The van der Waals surface area contributed by atoms with Gasteiger partial charge in [0.2, 0.25) is 5.13 Å². The van der Waals surface area contributed by atoms with E-state index < -0.39 is 4.92 Å². The zero-order valence-corrected chi connectivity index (χ0v) is 14.0. The fourth-order valence-corrected chi connectivity index (χ4v) is 2.76. The molecule has 0 spiro atoms. The van der Waals surface area contributed by atoms with Crippen molar-refractivity contribution in [1.82, 2.24) is 4.98 Å². The predicted octanol–water partition coefficient (Wildman–Crippen LogP) is 5.52. The number of nitro benzene ring substituents is 1. The van der Waals surface area contributed by atoms with Gasteiger partial charge in [0.05, 0.1) is 17.2 Å². The summed E-state index contributed by atoms with van der Waals surface area (Å²) < 4.78 is 0. The minimum Gasteiger partial charge on any atom is -0.258 e. The lowest BCUT2D eigenvalue weighted by Crippen LogP contribution is -1.87. The van der Waals surface area contributed by atoms with Crippen molar-refractivity contribution in [2.24, 2.45) is 10.2 Å². The van der Waals surface area contributed by atoms with Crippen LogP contribution in [-0.4, -0.2) is 16.5 Å². The lowest BCUT2D eigenvalue weighted by atomic mass is 10.1. The summed E-state index contributed by atoms with van der Waals surface area (Å²) in [5.41, 5.74) is 2.72. The third kappa shape index (κ3) is 4.65. The zero-order valence-electron chi connectivity index (χ0n) is 13.1. The lowest BCUT2D eigenvalue weighted by Gasteiger charge is -1.95. The quantitative estimate of drug-likeness (QED) is 0.334. The molecule has 6 nitrogen and oxygen atoms in total. The number of azo groups is 1. The molecule has 0 bridgehead atoms. The molecule has 3 rings (SSSR count). The Labute approximate surface area is 148 Å². The number of rotatable bonds is 6. The van der Waals surface area contributed by atoms with Crippen LogP contribution in [0.2, 0.25) is 0 Å². The minimum atomic E-state index is -0.423. The molecule has 0 radical (unpaired) electrons. The Balaban J connectivity index is 1.59. The van der Waals surface area contributed by atoms with Gasteiger partial charge in [-0.1, -0.05) is 42.5 Å². The number of hydrogen-bond donors (Lipinski definition) is 0. The van der Waals surface area contributed by atoms with Crippen molar-refractivity contribution < 1.29 is 4.92 Å². The van der Waals surface area contributed by atoms with Gasteiger partial charge >= 0.3 is 0 Å². The Morgan fingerprint density at radius 3 is 2.60 bits per heavy atom. The summed E-state index contributed by atoms with van der Waals surface area (Å²) in [6.07, 6.45) is 3.92. The number of aromatic nitrogens is 1. The first kappa shape index (κ1) is 16.7. The average Bonchev–Trinajstić information content (AvgIpc) is 3.11. The Morgan fingerprint density at radius 2 is 1.88 bits per heavy atom. The van der Waals surface area contributed by atoms with Crippen molar-refractivity contribution >= 4 is 28.2 Å². The van der Waals surface area contributed by atoms with E-state index in [1.54, 1.807) is 12.1 Å². The van der Waals surface area contributed by atoms with Crippen molar-refractivity contribution in [3.05, 3.63) is 81.7 Å². The van der Waals surface area contributed by atoms with Crippen molar-refractivity contribution in [2.45, 2.75) is 0 Å². The largest absolute Gasteiger partial charge is 0.269 e. The molecule has 0 N–H and O–H groups in total. The first-order chi connectivity index (χ1) is 12.2. The molecule has 0 aliphatic carbocycles. The second kappa shape index (κ2) is 8.07. The molecule has 0 aliphatic heterocycles. The molecule has 0 atom stereocenters. The summed E-state index contributed by atoms with van der Waals surface area (Å²) in [7, 11) is 0. The zero-order chi connectivity index (χ0) is 17.5. The summed E-state index contributed by atoms with van der Waals surface area (Å²) in [4.78, 5) is 14.6. The fourth-order valence-electron chi connectivity index (χ4n) is 2.10. The molecule has 0 aliphatic rings. The van der Waals surface area contributed by atoms with Crippen LogP contribution in [0.5, 0.6) is 0 Å². The van der Waals surface area contributed by atoms with Gasteiger partial charge in [0, 0.05) is 23.1 Å². The van der Waals surface area contributed by atoms with E-state index in [1.807, 2.05) is 47.9 Å². The monoisotopic (exact) mass is 350 g/mol. The number of benzene rings is 2. The van der Waals surface area contributed by atoms with Crippen LogP contribution in [-0.2, 0) is 0 Å². The standard InChI is InChI=1S/C18H14N4O2S/c23-22(24)16-10-8-15(9-11-16)17-13-25-18(20-17)21-19-12-4-7-14-5-2-1-3-6-14/h1-11,13H,12H2. The topological polar surface area (TPSA) is 80.8 Å². The van der Waals surface area contributed by atoms with Crippen LogP contribution >= 0.6 is 11.3 Å². The van der Waals surface area contributed by atoms with E-state index in [1.165, 1.54) is 23.5 Å². The van der Waals surface area contributed by atoms with Crippen molar-refractivity contribution in [3.63, 3.8) is 0 Å². The predicted molar refractivity (Wildman–Crippen MR) is 99.1 cm³/mol. The Hall–Kier alpha value is -3.19. The number of hydrogen-bond acceptors (Lipinski definition) is 6. The molecule has 25 heavy (non-hydrogen) atoms. The highest BCUT2D eigenvalue weighted by molar-refractivity contribution is 7.13. The van der Waals surface area contributed by atoms with Gasteiger partial charge < -0.3 is 0 Å². The van der Waals surface area contributed by atoms with Gasteiger partial charge in [0.15, 0.2) is 0 Å². The van der Waals surface area contributed by atoms with Crippen LogP contribution in [0.3, 0.4) is 0 Å². The first-order valence-electron chi connectivity index (χ1n) is 7.52. The third-order valence-corrected chi connectivity index (χ3v) is 4.04. The van der Waals surface area contributed by atoms with E-state index in [-0.39, 0.29) is 5.69 Å². The number of non-ortho nitro benzene ring substituents is 1. The highest BCUT2D eigenvalue weighted by Crippen LogP contribution is 2.28. The smallest absolute Gasteiger partial charge is 0.258 e. The molecular weight excluding hydrogens is 336 g/mol. The minimum absolute atomic E-state index is 0.0593. The second-order valence-electron chi connectivity index (χ2n) is 5.06. The van der Waals surface area contributed by atoms with E-state index in [0.29, 0.717) is 11.7 Å². The van der Waals surface area contributed by atoms with Crippen LogP contribution in [0.15, 0.2) is 76.3 Å². The maximum absolute atomic E-state index is 10.7. The second-order valence-corrected chi connectivity index (χ2v) is 5.89. The molecule has 7 heteroatoms. The third-order valence-electron chi connectivity index (χ3n) is 3.32. The summed E-state index contributed by atoms with van der Waals surface area (Å²) in [5.74, 6) is 0. The average molecular weight is 350 g/mol. The Kier molecular flexibility index (Phi) is 5.38. The van der Waals surface area contributed by atoms with Crippen LogP contribution in [0.25, 0.3) is 17.3 Å². The highest BCUT2D eigenvalue weighted by Gasteiger charge is 2.07. The number of thiazole rings is 1. The van der Waals surface area contributed by atoms with Gasteiger partial charge in [-0.15, -0.1) is 16.5 Å². The SMILES string of the molecule is O=[N+]([O-])c1ccc(-c2csc(N=NCC=Cc3ccccc3)n2)cc1. The van der Waals surface area contributed by atoms with Gasteiger partial charge in [-0.3, -0.25) is 10.1 Å². The van der Waals surface area contributed by atoms with Gasteiger partial charge in [-0.05, 0) is 17.7 Å². The van der Waals surface area contributed by atoms with Crippen molar-refractivity contribution in [1.29, 1.82) is 0 Å². The van der Waals surface area contributed by atoms with Crippen LogP contribution in [0.4, 0.5) is 10.8 Å². The number of nitrogens with zero attached hydrogens (tertiary/aromatic N) is 4. The molecule has 0 fully saturated rings. The maximum atomic E-state index is 10.7. The van der Waals surface area contributed by atoms with E-state index >= 15 is 0 Å². The summed E-state index contributed by atoms with van der Waals surface area (Å²) >= 11 is 1.38. The molecule has 3 aromatic rings. The van der Waals surface area contributed by atoms with E-state index in [9.17, 15) is 10.1 Å². The molecule has 124 valence electrons. The van der Waals surface area contributed by atoms with Crippen LogP contribution in [0.1, 0.15) is 5.56 Å². The van der Waals surface area contributed by atoms with Gasteiger partial charge in [-0.25, -0.2) is 4.98 Å². The summed E-state index contributed by atoms with van der Waals surface area (Å²) in [6.45, 7) is 0.474. The molecule has 1 heterocycles. The maximum Gasteiger partial charge on any atom is 0.269 e.